The van der Waals surface area contributed by atoms with Gasteiger partial charge in [-0.1, -0.05) is 37.3 Å². The summed E-state index contributed by atoms with van der Waals surface area (Å²) in [4.78, 5) is 43.6. The zero-order valence-electron chi connectivity index (χ0n) is 15.8. The van der Waals surface area contributed by atoms with Crippen LogP contribution in [0.5, 0.6) is 0 Å². The zero-order chi connectivity index (χ0) is 20.0. The molecule has 0 saturated carbocycles. The topological polar surface area (TPSA) is 108 Å². The smallest absolute Gasteiger partial charge is 0.332 e. The van der Waals surface area contributed by atoms with Crippen LogP contribution in [0.25, 0.3) is 11.2 Å². The third-order valence-electron chi connectivity index (χ3n) is 5.05. The molecular weight excluding hydrogens is 360 g/mol. The summed E-state index contributed by atoms with van der Waals surface area (Å²) in [7, 11) is 1.55. The lowest BCUT2D eigenvalue weighted by Crippen LogP contribution is -2.43. The van der Waals surface area contributed by atoms with E-state index >= 15 is 0 Å². The molecule has 0 fully saturated rings. The molecule has 1 aliphatic heterocycles. The predicted molar refractivity (Wildman–Crippen MR) is 105 cm³/mol. The molecule has 0 spiro atoms. The minimum atomic E-state index is -0.740. The minimum absolute atomic E-state index is 0.287. The summed E-state index contributed by atoms with van der Waals surface area (Å²) in [5.41, 5.74) is 5.86. The third-order valence-corrected chi connectivity index (χ3v) is 5.05. The van der Waals surface area contributed by atoms with E-state index in [1.807, 2.05) is 34.9 Å². The van der Waals surface area contributed by atoms with E-state index in [1.54, 1.807) is 7.05 Å². The van der Waals surface area contributed by atoms with Crippen molar-refractivity contribution in [2.45, 2.75) is 26.6 Å². The van der Waals surface area contributed by atoms with Gasteiger partial charge in [0.15, 0.2) is 11.2 Å². The van der Waals surface area contributed by atoms with E-state index in [0.717, 1.165) is 16.7 Å². The van der Waals surface area contributed by atoms with E-state index in [0.29, 0.717) is 30.2 Å². The van der Waals surface area contributed by atoms with Gasteiger partial charge >= 0.3 is 5.69 Å². The van der Waals surface area contributed by atoms with E-state index in [2.05, 4.69) is 16.8 Å². The normalized spacial score (nSPS) is 16.4. The molecule has 1 aromatic carbocycles. The highest BCUT2D eigenvalue weighted by Gasteiger charge is 2.29. The Balaban J connectivity index is 1.92. The maximum absolute atomic E-state index is 13.0. The number of amides is 1. The number of carbonyl (C=O) groups is 1. The van der Waals surface area contributed by atoms with Crippen LogP contribution in [0.2, 0.25) is 0 Å². The number of nitrogens with zero attached hydrogens (tertiary/aromatic N) is 5. The van der Waals surface area contributed by atoms with Crippen molar-refractivity contribution < 1.29 is 4.79 Å². The number of primary amides is 1. The van der Waals surface area contributed by atoms with Gasteiger partial charge in [0.2, 0.25) is 11.9 Å². The van der Waals surface area contributed by atoms with Gasteiger partial charge in [-0.25, -0.2) is 9.36 Å². The number of benzene rings is 1. The standard InChI is InChI=1S/C19H22N6O3/c1-12-8-23(10-13-6-4-3-5-7-13)18-21-16-15(24(18)9-12)17(27)25(11-14(20)26)19(28)22(16)2/h3-7,12H,8-11H2,1-2H3,(H2,20,26)/t12-/m1/s1. The molecular formula is C19H22N6O3. The quantitative estimate of drug-likeness (QED) is 0.685. The van der Waals surface area contributed by atoms with E-state index in [-0.39, 0.29) is 5.92 Å². The highest BCUT2D eigenvalue weighted by Crippen LogP contribution is 2.28. The molecule has 9 heteroatoms. The van der Waals surface area contributed by atoms with Gasteiger partial charge in [0.25, 0.3) is 5.56 Å². The molecule has 1 atom stereocenters. The van der Waals surface area contributed by atoms with E-state index in [4.69, 9.17) is 5.73 Å². The zero-order valence-corrected chi connectivity index (χ0v) is 15.8. The van der Waals surface area contributed by atoms with Gasteiger partial charge in [0.1, 0.15) is 6.54 Å². The first kappa shape index (κ1) is 18.0. The fraction of sp³-hybridized carbons (Fsp3) is 0.368. The number of nitrogens with two attached hydrogens (primary N) is 1. The second-order valence-electron chi connectivity index (χ2n) is 7.37. The largest absolute Gasteiger partial charge is 0.368 e. The number of anilines is 1. The Hall–Kier alpha value is -3.36. The number of carbonyl (C=O) groups excluding carboxylic acids is 1. The maximum atomic E-state index is 13.0. The van der Waals surface area contributed by atoms with Crippen LogP contribution in [0.4, 0.5) is 5.95 Å². The van der Waals surface area contributed by atoms with E-state index in [1.165, 1.54) is 4.57 Å². The second-order valence-corrected chi connectivity index (χ2v) is 7.37. The van der Waals surface area contributed by atoms with Crippen LogP contribution in [0.3, 0.4) is 0 Å². The van der Waals surface area contributed by atoms with Crippen LogP contribution in [-0.4, -0.2) is 31.1 Å². The number of aromatic nitrogens is 4. The summed E-state index contributed by atoms with van der Waals surface area (Å²) in [6.45, 7) is 3.71. The van der Waals surface area contributed by atoms with Crippen molar-refractivity contribution in [2.75, 3.05) is 11.4 Å². The van der Waals surface area contributed by atoms with Gasteiger partial charge in [-0.05, 0) is 11.5 Å². The Morgan fingerprint density at radius 2 is 1.93 bits per heavy atom. The number of hydrogen-bond acceptors (Lipinski definition) is 5. The fourth-order valence-corrected chi connectivity index (χ4v) is 3.84. The van der Waals surface area contributed by atoms with Crippen LogP contribution in [0.15, 0.2) is 39.9 Å². The number of rotatable bonds is 4. The molecule has 0 saturated heterocycles. The summed E-state index contributed by atoms with van der Waals surface area (Å²) < 4.78 is 4.03. The average Bonchev–Trinajstić information content (AvgIpc) is 3.04. The predicted octanol–water partition coefficient (Wildman–Crippen LogP) is 0.0383. The first-order valence-corrected chi connectivity index (χ1v) is 9.14. The van der Waals surface area contributed by atoms with Gasteiger partial charge < -0.3 is 15.2 Å². The third kappa shape index (κ3) is 2.88. The average molecular weight is 382 g/mol. The molecule has 3 aromatic rings. The fourth-order valence-electron chi connectivity index (χ4n) is 3.84. The first-order chi connectivity index (χ1) is 13.4. The highest BCUT2D eigenvalue weighted by molar-refractivity contribution is 5.76. The van der Waals surface area contributed by atoms with Gasteiger partial charge in [0, 0.05) is 26.7 Å². The summed E-state index contributed by atoms with van der Waals surface area (Å²) >= 11 is 0. The first-order valence-electron chi connectivity index (χ1n) is 9.14. The van der Waals surface area contributed by atoms with Gasteiger partial charge in [0.05, 0.1) is 0 Å². The molecule has 9 nitrogen and oxygen atoms in total. The number of hydrogen-bond donors (Lipinski definition) is 1. The highest BCUT2D eigenvalue weighted by atomic mass is 16.2. The van der Waals surface area contributed by atoms with Crippen LogP contribution >= 0.6 is 0 Å². The number of fused-ring (bicyclic) bond motifs is 3. The Kier molecular flexibility index (Phi) is 4.29. The van der Waals surface area contributed by atoms with E-state index in [9.17, 15) is 14.4 Å². The molecule has 0 bridgehead atoms. The Labute approximate surface area is 160 Å². The second kappa shape index (κ2) is 6.66. The Morgan fingerprint density at radius 3 is 2.61 bits per heavy atom. The minimum Gasteiger partial charge on any atom is -0.368 e. The molecule has 4 rings (SSSR count). The lowest BCUT2D eigenvalue weighted by atomic mass is 10.1. The summed E-state index contributed by atoms with van der Waals surface area (Å²) in [6.07, 6.45) is 0. The molecule has 1 aliphatic rings. The Bertz CT molecular complexity index is 1170. The molecule has 28 heavy (non-hydrogen) atoms. The SMILES string of the molecule is C[C@@H]1CN(Cc2ccccc2)c2nc3c(c(=O)n(CC(N)=O)c(=O)n3C)n2C1. The lowest BCUT2D eigenvalue weighted by molar-refractivity contribution is -0.118. The summed E-state index contributed by atoms with van der Waals surface area (Å²) in [5, 5.41) is 0. The van der Waals surface area contributed by atoms with Crippen molar-refractivity contribution in [3.8, 4) is 0 Å². The van der Waals surface area contributed by atoms with Crippen LogP contribution in [0, 0.1) is 5.92 Å². The summed E-state index contributed by atoms with van der Waals surface area (Å²) in [6, 6.07) is 10.0. The molecule has 3 heterocycles. The molecule has 2 N–H and O–H groups in total. The van der Waals surface area contributed by atoms with Crippen molar-refractivity contribution in [3.05, 3.63) is 56.7 Å². The molecule has 1 amide bonds. The monoisotopic (exact) mass is 382 g/mol. The maximum Gasteiger partial charge on any atom is 0.332 e. The van der Waals surface area contributed by atoms with Crippen molar-refractivity contribution in [2.24, 2.45) is 18.7 Å². The molecule has 0 radical (unpaired) electrons. The van der Waals surface area contributed by atoms with Crippen molar-refractivity contribution in [1.29, 1.82) is 0 Å². The van der Waals surface area contributed by atoms with Crippen molar-refractivity contribution >= 4 is 23.0 Å². The van der Waals surface area contributed by atoms with Crippen LogP contribution < -0.4 is 21.9 Å². The lowest BCUT2D eigenvalue weighted by Gasteiger charge is -2.33. The molecule has 0 aliphatic carbocycles. The molecule has 2 aromatic heterocycles. The van der Waals surface area contributed by atoms with E-state index < -0.39 is 23.7 Å². The van der Waals surface area contributed by atoms with Crippen molar-refractivity contribution in [1.82, 2.24) is 18.7 Å². The molecule has 0 unspecified atom stereocenters. The number of imidazole rings is 1. The summed E-state index contributed by atoms with van der Waals surface area (Å²) in [5.74, 6) is 0.201. The number of aryl methyl sites for hydroxylation is 1. The van der Waals surface area contributed by atoms with Crippen molar-refractivity contribution in [3.63, 3.8) is 0 Å². The molecule has 146 valence electrons. The van der Waals surface area contributed by atoms with Gasteiger partial charge in [-0.15, -0.1) is 0 Å². The van der Waals surface area contributed by atoms with Gasteiger partial charge in [-0.3, -0.25) is 14.2 Å². The van der Waals surface area contributed by atoms with Crippen LogP contribution in [0.1, 0.15) is 12.5 Å². The Morgan fingerprint density at radius 1 is 1.21 bits per heavy atom. The van der Waals surface area contributed by atoms with Gasteiger partial charge in [-0.2, -0.15) is 4.98 Å². The van der Waals surface area contributed by atoms with Crippen LogP contribution in [-0.2, 0) is 31.5 Å².